The van der Waals surface area contributed by atoms with Crippen molar-refractivity contribution in [1.82, 2.24) is 10.2 Å². The van der Waals surface area contributed by atoms with Gasteiger partial charge in [-0.05, 0) is 37.6 Å². The highest BCUT2D eigenvalue weighted by Gasteiger charge is 2.40. The third-order valence-electron chi connectivity index (χ3n) is 3.92. The molecule has 1 saturated heterocycles. The van der Waals surface area contributed by atoms with E-state index in [0.717, 1.165) is 26.1 Å². The fraction of sp³-hybridized carbons (Fsp3) is 0.500. The average molecular weight is 279 g/mol. The Morgan fingerprint density at radius 1 is 1.25 bits per heavy atom. The molecule has 1 aromatic rings. The molecule has 1 heterocycles. The molecule has 5 N–H and O–H groups in total. The number of benzene rings is 1. The van der Waals surface area contributed by atoms with Gasteiger partial charge < -0.3 is 21.3 Å². The minimum atomic E-state index is -1.05. The molecule has 0 aromatic heterocycles. The van der Waals surface area contributed by atoms with Crippen molar-refractivity contribution in [3.8, 4) is 11.5 Å². The van der Waals surface area contributed by atoms with Gasteiger partial charge in [0.05, 0.1) is 0 Å². The van der Waals surface area contributed by atoms with E-state index in [1.807, 2.05) is 4.90 Å². The molecule has 2 rings (SSSR count). The van der Waals surface area contributed by atoms with Gasteiger partial charge in [-0.15, -0.1) is 0 Å². The molecule has 1 unspecified atom stereocenters. The molecule has 110 valence electrons. The van der Waals surface area contributed by atoms with Crippen LogP contribution in [0.2, 0.25) is 0 Å². The quantitative estimate of drug-likeness (QED) is 0.629. The maximum absolute atomic E-state index is 12.1. The minimum absolute atomic E-state index is 0.0829. The van der Waals surface area contributed by atoms with Gasteiger partial charge in [-0.1, -0.05) is 0 Å². The molecule has 0 radical (unpaired) electrons. The number of hydrogen-bond donors (Lipinski definition) is 4. The second kappa shape index (κ2) is 5.68. The molecular formula is C14H21N3O3. The summed E-state index contributed by atoms with van der Waals surface area (Å²) >= 11 is 0. The number of amides is 1. The zero-order chi connectivity index (χ0) is 14.8. The highest BCUT2D eigenvalue weighted by Crippen LogP contribution is 2.33. The third kappa shape index (κ3) is 2.71. The highest BCUT2D eigenvalue weighted by atomic mass is 16.3. The Bertz CT molecular complexity index is 478. The smallest absolute Gasteiger partial charge is 0.242 e. The highest BCUT2D eigenvalue weighted by molar-refractivity contribution is 5.86. The zero-order valence-electron chi connectivity index (χ0n) is 11.6. The largest absolute Gasteiger partial charge is 0.508 e. The van der Waals surface area contributed by atoms with Crippen LogP contribution >= 0.6 is 0 Å². The topological polar surface area (TPSA) is 98.8 Å². The van der Waals surface area contributed by atoms with E-state index in [9.17, 15) is 15.0 Å². The average Bonchev–Trinajstić information content (AvgIpc) is 2.65. The SMILES string of the molecule is CC(C(N)=O)(c1cc(O)cc(O)c1)N1CCCNCC1. The van der Waals surface area contributed by atoms with Crippen LogP contribution in [0.5, 0.6) is 11.5 Å². The predicted octanol–water partition coefficient (Wildman–Crippen LogP) is 0.0936. The molecule has 0 aliphatic carbocycles. The van der Waals surface area contributed by atoms with Crippen molar-refractivity contribution in [2.75, 3.05) is 26.2 Å². The van der Waals surface area contributed by atoms with Gasteiger partial charge >= 0.3 is 0 Å². The molecule has 0 spiro atoms. The van der Waals surface area contributed by atoms with E-state index in [1.165, 1.54) is 18.2 Å². The monoisotopic (exact) mass is 279 g/mol. The van der Waals surface area contributed by atoms with Crippen LogP contribution in [0, 0.1) is 0 Å². The van der Waals surface area contributed by atoms with E-state index >= 15 is 0 Å². The van der Waals surface area contributed by atoms with E-state index in [0.29, 0.717) is 12.1 Å². The number of phenolic OH excluding ortho intramolecular Hbond substituents is 2. The van der Waals surface area contributed by atoms with Crippen LogP contribution in [-0.4, -0.2) is 47.2 Å². The van der Waals surface area contributed by atoms with E-state index < -0.39 is 11.4 Å². The lowest BCUT2D eigenvalue weighted by Crippen LogP contribution is -2.54. The van der Waals surface area contributed by atoms with Crippen LogP contribution in [0.4, 0.5) is 0 Å². The first-order valence-electron chi connectivity index (χ1n) is 6.74. The Kier molecular flexibility index (Phi) is 4.15. The molecule has 20 heavy (non-hydrogen) atoms. The summed E-state index contributed by atoms with van der Waals surface area (Å²) in [5.41, 5.74) is 5.07. The molecule has 1 atom stereocenters. The van der Waals surface area contributed by atoms with Crippen molar-refractivity contribution in [2.24, 2.45) is 5.73 Å². The zero-order valence-corrected chi connectivity index (χ0v) is 11.6. The maximum atomic E-state index is 12.1. The maximum Gasteiger partial charge on any atom is 0.242 e. The second-order valence-corrected chi connectivity index (χ2v) is 5.27. The van der Waals surface area contributed by atoms with Crippen molar-refractivity contribution in [2.45, 2.75) is 18.9 Å². The van der Waals surface area contributed by atoms with Crippen LogP contribution < -0.4 is 11.1 Å². The number of hydrogen-bond acceptors (Lipinski definition) is 5. The Hall–Kier alpha value is -1.79. The number of phenols is 2. The number of carbonyl (C=O) groups is 1. The van der Waals surface area contributed by atoms with Crippen LogP contribution in [0.25, 0.3) is 0 Å². The summed E-state index contributed by atoms with van der Waals surface area (Å²) in [5, 5.41) is 22.6. The number of nitrogens with two attached hydrogens (primary N) is 1. The van der Waals surface area contributed by atoms with Gasteiger partial charge in [0, 0.05) is 25.7 Å². The number of nitrogens with zero attached hydrogens (tertiary/aromatic N) is 1. The first-order chi connectivity index (χ1) is 9.44. The summed E-state index contributed by atoms with van der Waals surface area (Å²) in [7, 11) is 0. The molecule has 0 saturated carbocycles. The van der Waals surface area contributed by atoms with Gasteiger partial charge in [0.25, 0.3) is 0 Å². The number of rotatable bonds is 3. The Labute approximate surface area is 118 Å². The molecule has 1 amide bonds. The van der Waals surface area contributed by atoms with E-state index in [1.54, 1.807) is 6.92 Å². The lowest BCUT2D eigenvalue weighted by atomic mass is 9.88. The third-order valence-corrected chi connectivity index (χ3v) is 3.92. The van der Waals surface area contributed by atoms with Crippen LogP contribution in [0.3, 0.4) is 0 Å². The number of primary amides is 1. The molecule has 6 nitrogen and oxygen atoms in total. The van der Waals surface area contributed by atoms with Crippen LogP contribution in [0.1, 0.15) is 18.9 Å². The molecule has 1 fully saturated rings. The Morgan fingerprint density at radius 3 is 2.50 bits per heavy atom. The first-order valence-corrected chi connectivity index (χ1v) is 6.74. The van der Waals surface area contributed by atoms with Crippen molar-refractivity contribution < 1.29 is 15.0 Å². The lowest BCUT2D eigenvalue weighted by molar-refractivity contribution is -0.130. The standard InChI is InChI=1S/C14H21N3O3/c1-14(13(15)20,17-5-2-3-16-4-6-17)10-7-11(18)9-12(19)8-10/h7-9,16,18-19H,2-6H2,1H3,(H2,15,20). The molecule has 6 heteroatoms. The predicted molar refractivity (Wildman–Crippen MR) is 75.4 cm³/mol. The van der Waals surface area contributed by atoms with Crippen molar-refractivity contribution in [3.63, 3.8) is 0 Å². The van der Waals surface area contributed by atoms with Gasteiger partial charge in [-0.25, -0.2) is 0 Å². The Morgan fingerprint density at radius 2 is 1.90 bits per heavy atom. The molecule has 1 aromatic carbocycles. The number of nitrogens with one attached hydrogen (secondary N) is 1. The summed E-state index contributed by atoms with van der Waals surface area (Å²) in [5.74, 6) is -0.662. The molecule has 1 aliphatic heterocycles. The second-order valence-electron chi connectivity index (χ2n) is 5.27. The summed E-state index contributed by atoms with van der Waals surface area (Å²) in [4.78, 5) is 14.0. The molecule has 0 bridgehead atoms. The van der Waals surface area contributed by atoms with Gasteiger partial charge in [-0.3, -0.25) is 9.69 Å². The summed E-state index contributed by atoms with van der Waals surface area (Å²) in [6, 6.07) is 4.18. The minimum Gasteiger partial charge on any atom is -0.508 e. The van der Waals surface area contributed by atoms with Crippen LogP contribution in [0.15, 0.2) is 18.2 Å². The van der Waals surface area contributed by atoms with Crippen LogP contribution in [-0.2, 0) is 10.3 Å². The Balaban J connectivity index is 2.44. The normalized spacial score (nSPS) is 20.1. The molecule has 1 aliphatic rings. The lowest BCUT2D eigenvalue weighted by Gasteiger charge is -2.38. The summed E-state index contributed by atoms with van der Waals surface area (Å²) in [6.45, 7) is 4.80. The summed E-state index contributed by atoms with van der Waals surface area (Å²) in [6.07, 6.45) is 0.910. The summed E-state index contributed by atoms with van der Waals surface area (Å²) < 4.78 is 0. The van der Waals surface area contributed by atoms with Gasteiger partial charge in [-0.2, -0.15) is 0 Å². The van der Waals surface area contributed by atoms with Gasteiger partial charge in [0.15, 0.2) is 0 Å². The van der Waals surface area contributed by atoms with E-state index in [2.05, 4.69) is 5.32 Å². The fourth-order valence-electron chi connectivity index (χ4n) is 2.65. The molecular weight excluding hydrogens is 258 g/mol. The van der Waals surface area contributed by atoms with Crippen molar-refractivity contribution in [1.29, 1.82) is 0 Å². The fourth-order valence-corrected chi connectivity index (χ4v) is 2.65. The number of carbonyl (C=O) groups excluding carboxylic acids is 1. The van der Waals surface area contributed by atoms with Gasteiger partial charge in [0.2, 0.25) is 5.91 Å². The van der Waals surface area contributed by atoms with E-state index in [4.69, 9.17) is 5.73 Å². The van der Waals surface area contributed by atoms with Gasteiger partial charge in [0.1, 0.15) is 17.0 Å². The first kappa shape index (κ1) is 14.6. The van der Waals surface area contributed by atoms with Crippen molar-refractivity contribution in [3.05, 3.63) is 23.8 Å². The van der Waals surface area contributed by atoms with E-state index in [-0.39, 0.29) is 11.5 Å². The van der Waals surface area contributed by atoms with Crippen molar-refractivity contribution >= 4 is 5.91 Å². The number of aromatic hydroxyl groups is 2.